The number of amides is 4. The molecule has 0 saturated heterocycles. The number of ether oxygens (including phenoxy) is 1. The van der Waals surface area contributed by atoms with Crippen molar-refractivity contribution in [3.63, 3.8) is 0 Å². The highest BCUT2D eigenvalue weighted by molar-refractivity contribution is 6.21. The van der Waals surface area contributed by atoms with E-state index in [0.717, 1.165) is 0 Å². The molecule has 24 heavy (non-hydrogen) atoms. The fraction of sp³-hybridized carbons (Fsp3) is 0.471. The Hall–Kier alpha value is -2.41. The number of fused-ring (bicyclic) bond motifs is 1. The van der Waals surface area contributed by atoms with Crippen LogP contribution in [-0.2, 0) is 4.74 Å². The third-order valence-electron chi connectivity index (χ3n) is 4.00. The highest BCUT2D eigenvalue weighted by Gasteiger charge is 2.35. The second kappa shape index (κ2) is 7.92. The lowest BCUT2D eigenvalue weighted by Crippen LogP contribution is -2.34. The first kappa shape index (κ1) is 17.9. The average Bonchev–Trinajstić information content (AvgIpc) is 2.80. The van der Waals surface area contributed by atoms with Gasteiger partial charge in [0.1, 0.15) is 0 Å². The van der Waals surface area contributed by atoms with Crippen LogP contribution in [-0.4, -0.2) is 61.0 Å². The van der Waals surface area contributed by atoms with Gasteiger partial charge in [-0.05, 0) is 38.5 Å². The fourth-order valence-corrected chi connectivity index (χ4v) is 2.65. The molecule has 7 nitrogen and oxygen atoms in total. The lowest BCUT2D eigenvalue weighted by molar-refractivity contribution is 0.0638. The summed E-state index contributed by atoms with van der Waals surface area (Å²) < 4.78 is 4.95. The minimum Gasteiger partial charge on any atom is -0.385 e. The van der Waals surface area contributed by atoms with Gasteiger partial charge in [-0.25, -0.2) is 4.79 Å². The first-order valence-corrected chi connectivity index (χ1v) is 8.08. The molecule has 4 amide bonds. The molecule has 130 valence electrons. The number of hydrogen-bond donors (Lipinski definition) is 1. The number of carbonyl (C=O) groups excluding carboxylic acids is 3. The topological polar surface area (TPSA) is 79.0 Å². The number of methoxy groups -OCH3 is 1. The molecular formula is C17H23N3O4. The summed E-state index contributed by atoms with van der Waals surface area (Å²) in [6, 6.07) is 4.56. The number of nitrogens with zero attached hydrogens (tertiary/aromatic N) is 2. The maximum atomic E-state index is 12.4. The second-order valence-electron chi connectivity index (χ2n) is 5.47. The summed E-state index contributed by atoms with van der Waals surface area (Å²) >= 11 is 0. The zero-order valence-electron chi connectivity index (χ0n) is 14.3. The Morgan fingerprint density at radius 3 is 2.46 bits per heavy atom. The van der Waals surface area contributed by atoms with Crippen LogP contribution in [0.4, 0.5) is 10.5 Å². The lowest BCUT2D eigenvalue weighted by atomic mass is 10.1. The van der Waals surface area contributed by atoms with Crippen LogP contribution >= 0.6 is 0 Å². The van der Waals surface area contributed by atoms with E-state index in [9.17, 15) is 14.4 Å². The number of benzene rings is 1. The predicted octanol–water partition coefficient (Wildman–Crippen LogP) is 2.19. The number of rotatable bonds is 7. The van der Waals surface area contributed by atoms with Crippen LogP contribution in [0.5, 0.6) is 0 Å². The molecule has 0 unspecified atom stereocenters. The lowest BCUT2D eigenvalue weighted by Gasteiger charge is -2.19. The monoisotopic (exact) mass is 333 g/mol. The number of hydrogen-bond acceptors (Lipinski definition) is 4. The molecular weight excluding hydrogens is 310 g/mol. The van der Waals surface area contributed by atoms with Crippen LogP contribution < -0.4 is 5.32 Å². The van der Waals surface area contributed by atoms with Crippen molar-refractivity contribution in [3.05, 3.63) is 29.3 Å². The highest BCUT2D eigenvalue weighted by Crippen LogP contribution is 2.26. The van der Waals surface area contributed by atoms with Gasteiger partial charge in [0.25, 0.3) is 11.8 Å². The Balaban J connectivity index is 2.14. The van der Waals surface area contributed by atoms with E-state index < -0.39 is 0 Å². The molecule has 2 rings (SSSR count). The van der Waals surface area contributed by atoms with Gasteiger partial charge in [-0.3, -0.25) is 14.5 Å². The molecule has 0 spiro atoms. The van der Waals surface area contributed by atoms with Gasteiger partial charge in [-0.2, -0.15) is 0 Å². The SMILES string of the molecule is CCN(CC)C(=O)Nc1ccc2c(c1)C(=O)N(CCCOC)C2=O. The maximum Gasteiger partial charge on any atom is 0.321 e. The van der Waals surface area contributed by atoms with E-state index in [1.807, 2.05) is 13.8 Å². The van der Waals surface area contributed by atoms with Crippen molar-refractivity contribution in [3.8, 4) is 0 Å². The Bertz CT molecular complexity index is 641. The molecule has 0 atom stereocenters. The van der Waals surface area contributed by atoms with Crippen LogP contribution in [0.25, 0.3) is 0 Å². The van der Waals surface area contributed by atoms with Gasteiger partial charge < -0.3 is 15.0 Å². The van der Waals surface area contributed by atoms with E-state index in [1.54, 1.807) is 30.2 Å². The first-order chi connectivity index (χ1) is 11.5. The fourth-order valence-electron chi connectivity index (χ4n) is 2.65. The van der Waals surface area contributed by atoms with Crippen molar-refractivity contribution >= 4 is 23.5 Å². The molecule has 1 N–H and O–H groups in total. The van der Waals surface area contributed by atoms with Crippen molar-refractivity contribution in [1.29, 1.82) is 0 Å². The Morgan fingerprint density at radius 2 is 1.83 bits per heavy atom. The van der Waals surface area contributed by atoms with Gasteiger partial charge in [0.15, 0.2) is 0 Å². The quantitative estimate of drug-likeness (QED) is 0.613. The summed E-state index contributed by atoms with van der Waals surface area (Å²) in [6.45, 7) is 5.79. The molecule has 0 saturated carbocycles. The van der Waals surface area contributed by atoms with Crippen molar-refractivity contribution in [2.24, 2.45) is 0 Å². The summed E-state index contributed by atoms with van der Waals surface area (Å²) in [7, 11) is 1.58. The smallest absolute Gasteiger partial charge is 0.321 e. The Kier molecular flexibility index (Phi) is 5.92. The number of imide groups is 1. The van der Waals surface area contributed by atoms with Gasteiger partial charge in [-0.15, -0.1) is 0 Å². The Labute approximate surface area is 141 Å². The average molecular weight is 333 g/mol. The summed E-state index contributed by atoms with van der Waals surface area (Å²) in [5, 5.41) is 2.76. The summed E-state index contributed by atoms with van der Waals surface area (Å²) in [5.74, 6) is -0.627. The Morgan fingerprint density at radius 1 is 1.17 bits per heavy atom. The normalized spacial score (nSPS) is 13.2. The molecule has 1 aliphatic rings. The van der Waals surface area contributed by atoms with Crippen molar-refractivity contribution in [2.75, 3.05) is 38.7 Å². The molecule has 0 aromatic heterocycles. The van der Waals surface area contributed by atoms with E-state index in [4.69, 9.17) is 4.74 Å². The minimum absolute atomic E-state index is 0.228. The van der Waals surface area contributed by atoms with E-state index in [2.05, 4.69) is 5.32 Å². The molecule has 0 bridgehead atoms. The highest BCUT2D eigenvalue weighted by atomic mass is 16.5. The molecule has 1 aliphatic heterocycles. The van der Waals surface area contributed by atoms with E-state index in [-0.39, 0.29) is 17.8 Å². The molecule has 0 fully saturated rings. The number of anilines is 1. The van der Waals surface area contributed by atoms with Crippen molar-refractivity contribution < 1.29 is 19.1 Å². The molecule has 1 heterocycles. The number of urea groups is 1. The van der Waals surface area contributed by atoms with Crippen LogP contribution in [0.2, 0.25) is 0 Å². The van der Waals surface area contributed by atoms with Gasteiger partial charge in [0, 0.05) is 39.0 Å². The summed E-state index contributed by atoms with van der Waals surface area (Å²) in [6.07, 6.45) is 0.591. The van der Waals surface area contributed by atoms with E-state index in [1.165, 1.54) is 4.90 Å². The molecule has 1 aromatic rings. The number of carbonyl (C=O) groups is 3. The zero-order valence-corrected chi connectivity index (χ0v) is 14.3. The minimum atomic E-state index is -0.329. The largest absolute Gasteiger partial charge is 0.385 e. The summed E-state index contributed by atoms with van der Waals surface area (Å²) in [4.78, 5) is 39.7. The van der Waals surface area contributed by atoms with Gasteiger partial charge in [0.2, 0.25) is 0 Å². The standard InChI is InChI=1S/C17H23N3O4/c1-4-19(5-2)17(23)18-12-7-8-13-14(11-12)16(22)20(15(13)21)9-6-10-24-3/h7-8,11H,4-6,9-10H2,1-3H3,(H,18,23). The van der Waals surface area contributed by atoms with E-state index >= 15 is 0 Å². The zero-order chi connectivity index (χ0) is 17.7. The molecule has 1 aromatic carbocycles. The molecule has 7 heteroatoms. The first-order valence-electron chi connectivity index (χ1n) is 8.08. The third-order valence-corrected chi connectivity index (χ3v) is 4.00. The van der Waals surface area contributed by atoms with Gasteiger partial charge in [0.05, 0.1) is 11.1 Å². The third kappa shape index (κ3) is 3.56. The second-order valence-corrected chi connectivity index (χ2v) is 5.47. The van der Waals surface area contributed by atoms with Gasteiger partial charge >= 0.3 is 6.03 Å². The van der Waals surface area contributed by atoms with Crippen molar-refractivity contribution in [2.45, 2.75) is 20.3 Å². The maximum absolute atomic E-state index is 12.4. The van der Waals surface area contributed by atoms with Gasteiger partial charge in [-0.1, -0.05) is 0 Å². The van der Waals surface area contributed by atoms with Crippen molar-refractivity contribution in [1.82, 2.24) is 9.80 Å². The van der Waals surface area contributed by atoms with Crippen LogP contribution in [0.15, 0.2) is 18.2 Å². The van der Waals surface area contributed by atoms with Crippen LogP contribution in [0.3, 0.4) is 0 Å². The summed E-state index contributed by atoms with van der Waals surface area (Å²) in [5.41, 5.74) is 1.21. The molecule has 0 radical (unpaired) electrons. The van der Waals surface area contributed by atoms with Crippen LogP contribution in [0.1, 0.15) is 41.0 Å². The predicted molar refractivity (Wildman–Crippen MR) is 90.2 cm³/mol. The van der Waals surface area contributed by atoms with E-state index in [0.29, 0.717) is 49.5 Å². The molecule has 0 aliphatic carbocycles. The van der Waals surface area contributed by atoms with Crippen LogP contribution in [0, 0.1) is 0 Å². The number of nitrogens with one attached hydrogen (secondary N) is 1.